The van der Waals surface area contributed by atoms with Crippen LogP contribution in [-0.2, 0) is 9.53 Å². The van der Waals surface area contributed by atoms with E-state index in [9.17, 15) is 4.79 Å². The van der Waals surface area contributed by atoms with E-state index in [1.165, 1.54) is 0 Å². The Bertz CT molecular complexity index is 314. The average Bonchev–Trinajstić information content (AvgIpc) is 2.77. The number of fused-ring (bicyclic) bond motifs is 2. The molecule has 3 heterocycles. The lowest BCUT2D eigenvalue weighted by Crippen LogP contribution is -2.54. The van der Waals surface area contributed by atoms with Crippen LogP contribution < -0.4 is 5.32 Å². The second kappa shape index (κ2) is 4.82. The van der Waals surface area contributed by atoms with Gasteiger partial charge in [0.2, 0.25) is 5.91 Å². The van der Waals surface area contributed by atoms with Crippen molar-refractivity contribution < 1.29 is 9.53 Å². The molecule has 4 heteroatoms. The topological polar surface area (TPSA) is 41.6 Å². The number of ether oxygens (including phenoxy) is 1. The largest absolute Gasteiger partial charge is 0.371 e. The number of amides is 1. The number of likely N-dealkylation sites (tertiary alicyclic amines) is 1. The fraction of sp³-hybridized carbons (Fsp3) is 0.929. The van der Waals surface area contributed by atoms with Crippen LogP contribution in [0.1, 0.15) is 39.0 Å². The Labute approximate surface area is 109 Å². The molecule has 2 bridgehead atoms. The number of hydrogen-bond acceptors (Lipinski definition) is 3. The molecule has 0 saturated carbocycles. The molecule has 0 aliphatic carbocycles. The number of carbonyl (C=O) groups excluding carboxylic acids is 1. The van der Waals surface area contributed by atoms with Crippen LogP contribution in [-0.4, -0.2) is 49.2 Å². The monoisotopic (exact) mass is 252 g/mol. The SMILES string of the molecule is CCC1(C(=O)N2CC3CCC(C2)O3)CCNCC1. The van der Waals surface area contributed by atoms with E-state index in [1.54, 1.807) is 0 Å². The molecule has 3 aliphatic rings. The summed E-state index contributed by atoms with van der Waals surface area (Å²) in [7, 11) is 0. The maximum Gasteiger partial charge on any atom is 0.229 e. The first-order valence-corrected chi connectivity index (χ1v) is 7.39. The predicted octanol–water partition coefficient (Wildman–Crippen LogP) is 1.16. The van der Waals surface area contributed by atoms with Crippen LogP contribution in [0.5, 0.6) is 0 Å². The molecule has 4 nitrogen and oxygen atoms in total. The highest BCUT2D eigenvalue weighted by atomic mass is 16.5. The van der Waals surface area contributed by atoms with Gasteiger partial charge >= 0.3 is 0 Å². The van der Waals surface area contributed by atoms with E-state index in [2.05, 4.69) is 17.1 Å². The fourth-order valence-corrected chi connectivity index (χ4v) is 3.74. The van der Waals surface area contributed by atoms with Crippen LogP contribution in [0.25, 0.3) is 0 Å². The zero-order valence-corrected chi connectivity index (χ0v) is 11.3. The molecule has 2 unspecified atom stereocenters. The van der Waals surface area contributed by atoms with E-state index in [4.69, 9.17) is 4.74 Å². The Morgan fingerprint density at radius 1 is 1.28 bits per heavy atom. The molecular formula is C14H24N2O2. The Kier molecular flexibility index (Phi) is 3.32. The fourth-order valence-electron chi connectivity index (χ4n) is 3.74. The minimum absolute atomic E-state index is 0.0952. The third-order valence-electron chi connectivity index (χ3n) is 5.02. The molecule has 1 amide bonds. The summed E-state index contributed by atoms with van der Waals surface area (Å²) >= 11 is 0. The first-order chi connectivity index (χ1) is 8.73. The third-order valence-corrected chi connectivity index (χ3v) is 5.02. The second-order valence-electron chi connectivity index (χ2n) is 6.05. The summed E-state index contributed by atoms with van der Waals surface area (Å²) in [4.78, 5) is 15.0. The molecule has 3 fully saturated rings. The predicted molar refractivity (Wildman–Crippen MR) is 69.3 cm³/mol. The summed E-state index contributed by atoms with van der Waals surface area (Å²) in [6.07, 6.45) is 5.85. The maximum atomic E-state index is 12.9. The van der Waals surface area contributed by atoms with Gasteiger partial charge in [0.15, 0.2) is 0 Å². The van der Waals surface area contributed by atoms with Gasteiger partial charge in [-0.25, -0.2) is 0 Å². The van der Waals surface area contributed by atoms with Gasteiger partial charge in [0.05, 0.1) is 17.6 Å². The quantitative estimate of drug-likeness (QED) is 0.802. The standard InChI is InChI=1S/C14H24N2O2/c1-2-14(5-7-15-8-6-14)13(17)16-9-11-3-4-12(10-16)18-11/h11-12,15H,2-10H2,1H3. The normalized spacial score (nSPS) is 34.6. The summed E-state index contributed by atoms with van der Waals surface area (Å²) < 4.78 is 5.83. The van der Waals surface area contributed by atoms with Crippen molar-refractivity contribution in [3.05, 3.63) is 0 Å². The van der Waals surface area contributed by atoms with Crippen LogP contribution >= 0.6 is 0 Å². The zero-order valence-electron chi connectivity index (χ0n) is 11.3. The lowest BCUT2D eigenvalue weighted by atomic mass is 9.75. The van der Waals surface area contributed by atoms with E-state index in [1.807, 2.05) is 0 Å². The average molecular weight is 252 g/mol. The number of carbonyl (C=O) groups is 1. The molecule has 3 aliphatic heterocycles. The molecule has 1 N–H and O–H groups in total. The Morgan fingerprint density at radius 2 is 1.89 bits per heavy atom. The first kappa shape index (κ1) is 12.4. The minimum Gasteiger partial charge on any atom is -0.371 e. The molecule has 0 aromatic heterocycles. The van der Waals surface area contributed by atoms with E-state index < -0.39 is 0 Å². The molecular weight excluding hydrogens is 228 g/mol. The van der Waals surface area contributed by atoms with Crippen molar-refractivity contribution >= 4 is 5.91 Å². The maximum absolute atomic E-state index is 12.9. The van der Waals surface area contributed by atoms with Gasteiger partial charge in [-0.15, -0.1) is 0 Å². The van der Waals surface area contributed by atoms with E-state index >= 15 is 0 Å². The van der Waals surface area contributed by atoms with Crippen molar-refractivity contribution in [1.82, 2.24) is 10.2 Å². The molecule has 0 aromatic carbocycles. The number of hydrogen-bond donors (Lipinski definition) is 1. The minimum atomic E-state index is -0.0952. The van der Waals surface area contributed by atoms with E-state index in [-0.39, 0.29) is 5.41 Å². The van der Waals surface area contributed by atoms with Crippen molar-refractivity contribution in [2.45, 2.75) is 51.2 Å². The summed E-state index contributed by atoms with van der Waals surface area (Å²) in [5.74, 6) is 0.395. The van der Waals surface area contributed by atoms with Gasteiger partial charge < -0.3 is 15.0 Å². The number of nitrogens with zero attached hydrogens (tertiary/aromatic N) is 1. The van der Waals surface area contributed by atoms with Crippen molar-refractivity contribution in [2.75, 3.05) is 26.2 Å². The number of morpholine rings is 1. The summed E-state index contributed by atoms with van der Waals surface area (Å²) in [6, 6.07) is 0. The summed E-state index contributed by atoms with van der Waals surface area (Å²) in [5, 5.41) is 3.37. The highest BCUT2D eigenvalue weighted by Gasteiger charge is 2.44. The van der Waals surface area contributed by atoms with Gasteiger partial charge in [0, 0.05) is 13.1 Å². The van der Waals surface area contributed by atoms with Crippen molar-refractivity contribution in [3.63, 3.8) is 0 Å². The molecule has 0 aromatic rings. The number of rotatable bonds is 2. The smallest absolute Gasteiger partial charge is 0.229 e. The molecule has 3 saturated heterocycles. The molecule has 18 heavy (non-hydrogen) atoms. The van der Waals surface area contributed by atoms with Gasteiger partial charge in [-0.05, 0) is 45.2 Å². The third kappa shape index (κ3) is 2.05. The lowest BCUT2D eigenvalue weighted by molar-refractivity contribution is -0.152. The Hall–Kier alpha value is -0.610. The molecule has 3 rings (SSSR count). The zero-order chi connectivity index (χ0) is 12.6. The van der Waals surface area contributed by atoms with Crippen LogP contribution in [0.4, 0.5) is 0 Å². The molecule has 0 spiro atoms. The highest BCUT2D eigenvalue weighted by molar-refractivity contribution is 5.83. The Balaban J connectivity index is 1.72. The van der Waals surface area contributed by atoms with Gasteiger partial charge in [0.25, 0.3) is 0 Å². The van der Waals surface area contributed by atoms with Crippen molar-refractivity contribution in [2.24, 2.45) is 5.41 Å². The lowest BCUT2D eigenvalue weighted by Gasteiger charge is -2.42. The van der Waals surface area contributed by atoms with Gasteiger partial charge in [-0.2, -0.15) is 0 Å². The summed E-state index contributed by atoms with van der Waals surface area (Å²) in [5.41, 5.74) is -0.0952. The van der Waals surface area contributed by atoms with Gasteiger partial charge in [-0.3, -0.25) is 4.79 Å². The van der Waals surface area contributed by atoms with Gasteiger partial charge in [-0.1, -0.05) is 6.92 Å². The number of nitrogens with one attached hydrogen (secondary N) is 1. The van der Waals surface area contributed by atoms with E-state index in [0.29, 0.717) is 18.1 Å². The molecule has 0 radical (unpaired) electrons. The first-order valence-electron chi connectivity index (χ1n) is 7.39. The molecule has 2 atom stereocenters. The van der Waals surface area contributed by atoms with Crippen LogP contribution in [0.15, 0.2) is 0 Å². The Morgan fingerprint density at radius 3 is 2.44 bits per heavy atom. The van der Waals surface area contributed by atoms with Crippen LogP contribution in [0.3, 0.4) is 0 Å². The van der Waals surface area contributed by atoms with Crippen molar-refractivity contribution in [3.8, 4) is 0 Å². The van der Waals surface area contributed by atoms with Crippen molar-refractivity contribution in [1.29, 1.82) is 0 Å². The van der Waals surface area contributed by atoms with E-state index in [0.717, 1.165) is 58.3 Å². The van der Waals surface area contributed by atoms with Crippen LogP contribution in [0, 0.1) is 5.41 Å². The molecule has 102 valence electrons. The highest BCUT2D eigenvalue weighted by Crippen LogP contribution is 2.37. The number of piperidine rings is 1. The van der Waals surface area contributed by atoms with Gasteiger partial charge in [0.1, 0.15) is 0 Å². The van der Waals surface area contributed by atoms with Crippen LogP contribution in [0.2, 0.25) is 0 Å². The second-order valence-corrected chi connectivity index (χ2v) is 6.05. The summed E-state index contributed by atoms with van der Waals surface area (Å²) in [6.45, 7) is 5.78.